The van der Waals surface area contributed by atoms with Crippen molar-refractivity contribution < 1.29 is 0 Å². The minimum absolute atomic E-state index is 0.218. The van der Waals surface area contributed by atoms with Crippen LogP contribution in [-0.2, 0) is 0 Å². The van der Waals surface area contributed by atoms with Gasteiger partial charge in [-0.3, -0.25) is 0 Å². The molecule has 4 heteroatoms. The van der Waals surface area contributed by atoms with Crippen LogP contribution in [0.2, 0.25) is 5.02 Å². The van der Waals surface area contributed by atoms with E-state index in [1.807, 2.05) is 23.5 Å². The van der Waals surface area contributed by atoms with Gasteiger partial charge in [0.2, 0.25) is 0 Å². The topological polar surface area (TPSA) is 12.0 Å². The molecule has 102 valence electrons. The second-order valence-corrected chi connectivity index (χ2v) is 7.14. The molecule has 0 radical (unpaired) electrons. The summed E-state index contributed by atoms with van der Waals surface area (Å²) in [5.74, 6) is 0. The van der Waals surface area contributed by atoms with Crippen LogP contribution in [0.1, 0.15) is 33.8 Å². The van der Waals surface area contributed by atoms with Gasteiger partial charge in [0.05, 0.1) is 6.04 Å². The fourth-order valence-electron chi connectivity index (χ4n) is 2.21. The molecule has 1 unspecified atom stereocenters. The zero-order valence-electron chi connectivity index (χ0n) is 11.3. The highest BCUT2D eigenvalue weighted by atomic mass is 79.9. The van der Waals surface area contributed by atoms with Gasteiger partial charge in [-0.25, -0.2) is 0 Å². The summed E-state index contributed by atoms with van der Waals surface area (Å²) in [7, 11) is 0. The lowest BCUT2D eigenvalue weighted by Gasteiger charge is -2.20. The Labute approximate surface area is 132 Å². The van der Waals surface area contributed by atoms with Gasteiger partial charge in [0.25, 0.3) is 0 Å². The summed E-state index contributed by atoms with van der Waals surface area (Å²) in [5.41, 5.74) is 2.50. The van der Waals surface area contributed by atoms with Crippen LogP contribution < -0.4 is 5.32 Å². The van der Waals surface area contributed by atoms with Crippen molar-refractivity contribution in [1.82, 2.24) is 5.32 Å². The third-order valence-electron chi connectivity index (χ3n) is 3.05. The molecule has 0 aliphatic heterocycles. The van der Waals surface area contributed by atoms with Gasteiger partial charge in [0.1, 0.15) is 0 Å². The van der Waals surface area contributed by atoms with E-state index in [1.54, 1.807) is 0 Å². The molecule has 0 aliphatic rings. The highest BCUT2D eigenvalue weighted by Crippen LogP contribution is 2.37. The summed E-state index contributed by atoms with van der Waals surface area (Å²) in [6.45, 7) is 7.30. The summed E-state index contributed by atoms with van der Waals surface area (Å²) >= 11 is 11.5. The van der Waals surface area contributed by atoms with Gasteiger partial charge in [-0.15, -0.1) is 11.3 Å². The lowest BCUT2D eigenvalue weighted by Crippen LogP contribution is -2.22. The first kappa shape index (κ1) is 15.0. The molecule has 0 saturated carbocycles. The molecule has 0 bridgehead atoms. The summed E-state index contributed by atoms with van der Waals surface area (Å²) in [4.78, 5) is 2.64. The van der Waals surface area contributed by atoms with Gasteiger partial charge in [-0.2, -0.15) is 0 Å². The van der Waals surface area contributed by atoms with E-state index in [0.29, 0.717) is 0 Å². The minimum atomic E-state index is 0.218. The zero-order chi connectivity index (χ0) is 14.0. The van der Waals surface area contributed by atoms with E-state index in [9.17, 15) is 0 Å². The van der Waals surface area contributed by atoms with E-state index in [-0.39, 0.29) is 6.04 Å². The summed E-state index contributed by atoms with van der Waals surface area (Å²) < 4.78 is 1.18. The van der Waals surface area contributed by atoms with Crippen molar-refractivity contribution >= 4 is 38.9 Å². The Kier molecular flexibility index (Phi) is 5.07. The maximum absolute atomic E-state index is 6.05. The fourth-order valence-corrected chi connectivity index (χ4v) is 4.41. The van der Waals surface area contributed by atoms with Crippen molar-refractivity contribution in [2.45, 2.75) is 26.8 Å². The average Bonchev–Trinajstić information content (AvgIpc) is 2.66. The van der Waals surface area contributed by atoms with Gasteiger partial charge >= 0.3 is 0 Å². The van der Waals surface area contributed by atoms with Gasteiger partial charge in [0, 0.05) is 19.2 Å². The Hall–Kier alpha value is -0.350. The van der Waals surface area contributed by atoms with Gasteiger partial charge in [-0.05, 0) is 65.6 Å². The van der Waals surface area contributed by atoms with E-state index in [4.69, 9.17) is 11.6 Å². The highest BCUT2D eigenvalue weighted by Gasteiger charge is 2.20. The number of nitrogens with one attached hydrogen (secondary N) is 1. The standard InChI is InChI=1S/C15H17BrClNS/c1-4-18-14(15-13(16)8-10(3)19-15)12-6-5-11(17)7-9(12)2/h5-8,14,18H,4H2,1-3H3. The number of aryl methyl sites for hydroxylation is 2. The monoisotopic (exact) mass is 357 g/mol. The predicted molar refractivity (Wildman–Crippen MR) is 88.5 cm³/mol. The molecule has 0 amide bonds. The molecule has 1 aromatic heterocycles. The van der Waals surface area contributed by atoms with Crippen LogP contribution in [0.15, 0.2) is 28.7 Å². The molecule has 1 nitrogen and oxygen atoms in total. The van der Waals surface area contributed by atoms with Crippen LogP contribution in [-0.4, -0.2) is 6.54 Å². The Balaban J connectivity index is 2.48. The van der Waals surface area contributed by atoms with Crippen LogP contribution in [0.4, 0.5) is 0 Å². The maximum Gasteiger partial charge on any atom is 0.0685 e. The lowest BCUT2D eigenvalue weighted by atomic mass is 10.00. The van der Waals surface area contributed by atoms with E-state index in [1.165, 1.54) is 25.4 Å². The summed E-state index contributed by atoms with van der Waals surface area (Å²) in [6, 6.07) is 8.50. The molecule has 1 aromatic carbocycles. The largest absolute Gasteiger partial charge is 0.306 e. The van der Waals surface area contributed by atoms with Crippen molar-refractivity contribution in [2.75, 3.05) is 6.54 Å². The van der Waals surface area contributed by atoms with Gasteiger partial charge in [-0.1, -0.05) is 24.6 Å². The molecule has 2 rings (SSSR count). The second-order valence-electron chi connectivity index (χ2n) is 4.56. The first-order valence-electron chi connectivity index (χ1n) is 6.28. The molecular weight excluding hydrogens is 342 g/mol. The normalized spacial score (nSPS) is 12.7. The highest BCUT2D eigenvalue weighted by molar-refractivity contribution is 9.10. The quantitative estimate of drug-likeness (QED) is 0.763. The summed E-state index contributed by atoms with van der Waals surface area (Å²) in [5, 5.41) is 4.36. The van der Waals surface area contributed by atoms with Crippen molar-refractivity contribution in [3.8, 4) is 0 Å². The van der Waals surface area contributed by atoms with E-state index >= 15 is 0 Å². The third kappa shape index (κ3) is 3.40. The fraction of sp³-hybridized carbons (Fsp3) is 0.333. The molecule has 1 atom stereocenters. The average molecular weight is 359 g/mol. The van der Waals surface area contributed by atoms with Crippen LogP contribution in [0.3, 0.4) is 0 Å². The number of benzene rings is 1. The Morgan fingerprint density at radius 2 is 2.05 bits per heavy atom. The Morgan fingerprint density at radius 3 is 2.58 bits per heavy atom. The molecule has 19 heavy (non-hydrogen) atoms. The van der Waals surface area contributed by atoms with Crippen molar-refractivity contribution in [3.05, 3.63) is 54.6 Å². The number of thiophene rings is 1. The second kappa shape index (κ2) is 6.40. The zero-order valence-corrected chi connectivity index (χ0v) is 14.4. The first-order chi connectivity index (χ1) is 9.02. The van der Waals surface area contributed by atoms with Crippen molar-refractivity contribution in [2.24, 2.45) is 0 Å². The molecular formula is C15H17BrClNS. The first-order valence-corrected chi connectivity index (χ1v) is 8.27. The van der Waals surface area contributed by atoms with Gasteiger partial charge in [0.15, 0.2) is 0 Å². The maximum atomic E-state index is 6.05. The van der Waals surface area contributed by atoms with E-state index in [2.05, 4.69) is 54.2 Å². The third-order valence-corrected chi connectivity index (χ3v) is 5.32. The predicted octanol–water partition coefficient (Wildman–Crippen LogP) is 5.48. The Bertz CT molecular complexity index is 580. The number of hydrogen-bond donors (Lipinski definition) is 1. The SMILES string of the molecule is CCNC(c1ccc(Cl)cc1C)c1sc(C)cc1Br. The lowest BCUT2D eigenvalue weighted by molar-refractivity contribution is 0.635. The molecule has 0 saturated heterocycles. The van der Waals surface area contributed by atoms with E-state index in [0.717, 1.165) is 11.6 Å². The van der Waals surface area contributed by atoms with Crippen LogP contribution in [0, 0.1) is 13.8 Å². The van der Waals surface area contributed by atoms with E-state index < -0.39 is 0 Å². The molecule has 1 N–H and O–H groups in total. The number of hydrogen-bond acceptors (Lipinski definition) is 2. The van der Waals surface area contributed by atoms with Crippen molar-refractivity contribution in [3.63, 3.8) is 0 Å². The molecule has 0 fully saturated rings. The van der Waals surface area contributed by atoms with Crippen LogP contribution in [0.5, 0.6) is 0 Å². The smallest absolute Gasteiger partial charge is 0.0685 e. The minimum Gasteiger partial charge on any atom is -0.306 e. The molecule has 2 aromatic rings. The number of rotatable bonds is 4. The van der Waals surface area contributed by atoms with Crippen LogP contribution in [0.25, 0.3) is 0 Å². The molecule has 0 aliphatic carbocycles. The number of halogens is 2. The molecule has 0 spiro atoms. The van der Waals surface area contributed by atoms with Gasteiger partial charge < -0.3 is 5.32 Å². The molecule has 1 heterocycles. The van der Waals surface area contributed by atoms with Crippen molar-refractivity contribution in [1.29, 1.82) is 0 Å². The summed E-state index contributed by atoms with van der Waals surface area (Å²) in [6.07, 6.45) is 0. The Morgan fingerprint density at radius 1 is 1.32 bits per heavy atom. The van der Waals surface area contributed by atoms with Crippen LogP contribution >= 0.6 is 38.9 Å².